The highest BCUT2D eigenvalue weighted by molar-refractivity contribution is 7.20. The average molecular weight is 372 g/mol. The number of thiophene rings is 1. The van der Waals surface area contributed by atoms with Crippen molar-refractivity contribution >= 4 is 43.9 Å². The fourth-order valence-electron chi connectivity index (χ4n) is 2.49. The molecule has 1 amide bonds. The van der Waals surface area contributed by atoms with Gasteiger partial charge in [-0.05, 0) is 44.2 Å². The minimum Gasteiger partial charge on any atom is -0.297 e. The summed E-state index contributed by atoms with van der Waals surface area (Å²) in [6.07, 6.45) is 0. The molecule has 1 aromatic carbocycles. The van der Waals surface area contributed by atoms with Crippen LogP contribution in [0.15, 0.2) is 35.7 Å². The van der Waals surface area contributed by atoms with Crippen molar-refractivity contribution in [3.8, 4) is 5.69 Å². The number of thiazole rings is 1. The highest BCUT2D eigenvalue weighted by Crippen LogP contribution is 2.31. The van der Waals surface area contributed by atoms with Crippen LogP contribution in [0, 0.1) is 19.7 Å². The number of hydrogen-bond donors (Lipinski definition) is 1. The molecule has 0 bridgehead atoms. The minimum absolute atomic E-state index is 0.194. The van der Waals surface area contributed by atoms with Gasteiger partial charge < -0.3 is 0 Å². The fraction of sp³-hybridized carbons (Fsp3) is 0.118. The lowest BCUT2D eigenvalue weighted by Gasteiger charge is -2.02. The van der Waals surface area contributed by atoms with Crippen LogP contribution >= 0.6 is 22.7 Å². The Balaban J connectivity index is 1.71. The molecule has 0 fully saturated rings. The number of carbonyl (C=O) groups is 1. The monoisotopic (exact) mass is 372 g/mol. The first kappa shape index (κ1) is 15.9. The van der Waals surface area contributed by atoms with Gasteiger partial charge in [-0.3, -0.25) is 10.1 Å². The molecule has 0 aliphatic rings. The number of fused-ring (bicyclic) bond motifs is 1. The van der Waals surface area contributed by atoms with Gasteiger partial charge >= 0.3 is 0 Å². The third-order valence-electron chi connectivity index (χ3n) is 3.68. The van der Waals surface area contributed by atoms with Gasteiger partial charge in [0, 0.05) is 10.8 Å². The SMILES string of the molecule is Cc1csc(NC(=O)c2cc3c(C)nn(-c4ccc(F)cc4)c3s2)n1. The lowest BCUT2D eigenvalue weighted by molar-refractivity contribution is 0.103. The van der Waals surface area contributed by atoms with E-state index in [2.05, 4.69) is 15.4 Å². The Hall–Kier alpha value is -2.58. The zero-order chi connectivity index (χ0) is 17.6. The summed E-state index contributed by atoms with van der Waals surface area (Å²) in [6.45, 7) is 3.77. The molecule has 0 atom stereocenters. The number of amides is 1. The van der Waals surface area contributed by atoms with Gasteiger partial charge in [-0.2, -0.15) is 5.10 Å². The number of aryl methyl sites for hydroxylation is 2. The second kappa shape index (κ2) is 6.05. The van der Waals surface area contributed by atoms with Gasteiger partial charge in [-0.25, -0.2) is 14.1 Å². The molecule has 0 saturated carbocycles. The molecule has 0 saturated heterocycles. The molecule has 3 heterocycles. The number of carbonyl (C=O) groups excluding carboxylic acids is 1. The van der Waals surface area contributed by atoms with Crippen molar-refractivity contribution in [1.29, 1.82) is 0 Å². The van der Waals surface area contributed by atoms with E-state index in [-0.39, 0.29) is 11.7 Å². The van der Waals surface area contributed by atoms with E-state index in [1.54, 1.807) is 16.8 Å². The number of benzene rings is 1. The molecule has 126 valence electrons. The smallest absolute Gasteiger partial charge is 0.267 e. The van der Waals surface area contributed by atoms with Crippen molar-refractivity contribution in [2.75, 3.05) is 5.32 Å². The molecule has 5 nitrogen and oxygen atoms in total. The summed E-state index contributed by atoms with van der Waals surface area (Å²) in [5.74, 6) is -0.491. The molecular weight excluding hydrogens is 359 g/mol. The normalized spacial score (nSPS) is 11.2. The summed E-state index contributed by atoms with van der Waals surface area (Å²) >= 11 is 2.74. The predicted octanol–water partition coefficient (Wildman–Crippen LogP) is 4.55. The zero-order valence-corrected chi connectivity index (χ0v) is 15.0. The Bertz CT molecular complexity index is 1080. The zero-order valence-electron chi connectivity index (χ0n) is 13.4. The van der Waals surface area contributed by atoms with Crippen LogP contribution in [-0.4, -0.2) is 20.7 Å². The lowest BCUT2D eigenvalue weighted by Crippen LogP contribution is -2.09. The van der Waals surface area contributed by atoms with Crippen LogP contribution in [0.4, 0.5) is 9.52 Å². The molecule has 8 heteroatoms. The first-order valence-corrected chi connectivity index (χ1v) is 9.19. The van der Waals surface area contributed by atoms with Crippen molar-refractivity contribution in [3.05, 3.63) is 57.8 Å². The molecule has 4 aromatic rings. The molecule has 0 spiro atoms. The van der Waals surface area contributed by atoms with E-state index in [1.807, 2.05) is 25.3 Å². The maximum atomic E-state index is 13.2. The number of hydrogen-bond acceptors (Lipinski definition) is 5. The Morgan fingerprint density at radius 1 is 1.24 bits per heavy atom. The van der Waals surface area contributed by atoms with Crippen LogP contribution in [0.5, 0.6) is 0 Å². The van der Waals surface area contributed by atoms with E-state index in [1.165, 1.54) is 34.8 Å². The fourth-order valence-corrected chi connectivity index (χ4v) is 4.25. The first-order chi connectivity index (χ1) is 12.0. The van der Waals surface area contributed by atoms with E-state index in [0.717, 1.165) is 27.3 Å². The van der Waals surface area contributed by atoms with Gasteiger partial charge in [0.15, 0.2) is 5.13 Å². The molecule has 1 N–H and O–H groups in total. The number of nitrogens with zero attached hydrogens (tertiary/aromatic N) is 3. The highest BCUT2D eigenvalue weighted by atomic mass is 32.1. The maximum absolute atomic E-state index is 13.2. The predicted molar refractivity (Wildman–Crippen MR) is 98.4 cm³/mol. The van der Waals surface area contributed by atoms with Crippen LogP contribution in [-0.2, 0) is 0 Å². The van der Waals surface area contributed by atoms with Gasteiger partial charge in [0.1, 0.15) is 10.6 Å². The largest absolute Gasteiger partial charge is 0.297 e. The molecule has 3 aromatic heterocycles. The van der Waals surface area contributed by atoms with E-state index in [9.17, 15) is 9.18 Å². The van der Waals surface area contributed by atoms with Crippen LogP contribution in [0.3, 0.4) is 0 Å². The highest BCUT2D eigenvalue weighted by Gasteiger charge is 2.18. The summed E-state index contributed by atoms with van der Waals surface area (Å²) in [5, 5.41) is 10.7. The van der Waals surface area contributed by atoms with E-state index in [0.29, 0.717) is 10.0 Å². The van der Waals surface area contributed by atoms with E-state index in [4.69, 9.17) is 0 Å². The molecule has 0 aliphatic heterocycles. The van der Waals surface area contributed by atoms with Crippen LogP contribution in [0.25, 0.3) is 15.9 Å². The molecule has 4 rings (SSSR count). The molecule has 25 heavy (non-hydrogen) atoms. The summed E-state index contributed by atoms with van der Waals surface area (Å²) in [4.78, 5) is 18.2. The van der Waals surface area contributed by atoms with Gasteiger partial charge in [0.05, 0.1) is 22.0 Å². The standard InChI is InChI=1S/C17H13FN4OS2/c1-9-8-24-17(19-9)20-15(23)14-7-13-10(2)21-22(16(13)25-14)12-5-3-11(18)4-6-12/h3-8H,1-2H3,(H,19,20,23). The van der Waals surface area contributed by atoms with Crippen LogP contribution in [0.2, 0.25) is 0 Å². The third kappa shape index (κ3) is 2.94. The average Bonchev–Trinajstić information content (AvgIpc) is 3.26. The van der Waals surface area contributed by atoms with Crippen molar-refractivity contribution in [1.82, 2.24) is 14.8 Å². The molecule has 0 radical (unpaired) electrons. The number of rotatable bonds is 3. The number of anilines is 1. The van der Waals surface area contributed by atoms with E-state index < -0.39 is 0 Å². The van der Waals surface area contributed by atoms with Gasteiger partial charge in [-0.15, -0.1) is 22.7 Å². The van der Waals surface area contributed by atoms with Gasteiger partial charge in [0.25, 0.3) is 5.91 Å². The van der Waals surface area contributed by atoms with Gasteiger partial charge in [-0.1, -0.05) is 0 Å². The van der Waals surface area contributed by atoms with Crippen molar-refractivity contribution < 1.29 is 9.18 Å². The third-order valence-corrected chi connectivity index (χ3v) is 5.66. The topological polar surface area (TPSA) is 59.8 Å². The van der Waals surface area contributed by atoms with Crippen LogP contribution in [0.1, 0.15) is 21.1 Å². The number of halogens is 1. The summed E-state index contributed by atoms with van der Waals surface area (Å²) in [6, 6.07) is 7.95. The lowest BCUT2D eigenvalue weighted by atomic mass is 10.3. The molecule has 0 unspecified atom stereocenters. The summed E-state index contributed by atoms with van der Waals surface area (Å²) in [7, 11) is 0. The first-order valence-electron chi connectivity index (χ1n) is 7.50. The Morgan fingerprint density at radius 3 is 2.68 bits per heavy atom. The quantitative estimate of drug-likeness (QED) is 0.574. The Morgan fingerprint density at radius 2 is 2.00 bits per heavy atom. The summed E-state index contributed by atoms with van der Waals surface area (Å²) < 4.78 is 14.9. The van der Waals surface area contributed by atoms with Crippen molar-refractivity contribution in [2.24, 2.45) is 0 Å². The van der Waals surface area contributed by atoms with E-state index >= 15 is 0 Å². The Kier molecular flexibility index (Phi) is 3.85. The number of aromatic nitrogens is 3. The van der Waals surface area contributed by atoms with Crippen molar-refractivity contribution in [3.63, 3.8) is 0 Å². The Labute approximate surface area is 150 Å². The van der Waals surface area contributed by atoms with Crippen LogP contribution < -0.4 is 5.32 Å². The number of nitrogens with one attached hydrogen (secondary N) is 1. The molecule has 0 aliphatic carbocycles. The minimum atomic E-state index is -0.297. The second-order valence-electron chi connectivity index (χ2n) is 5.55. The maximum Gasteiger partial charge on any atom is 0.267 e. The van der Waals surface area contributed by atoms with Crippen molar-refractivity contribution in [2.45, 2.75) is 13.8 Å². The van der Waals surface area contributed by atoms with Gasteiger partial charge in [0.2, 0.25) is 0 Å². The second-order valence-corrected chi connectivity index (χ2v) is 7.44. The molecular formula is C17H13FN4OS2. The summed E-state index contributed by atoms with van der Waals surface area (Å²) in [5.41, 5.74) is 2.45.